The minimum atomic E-state index is -1.30. The van der Waals surface area contributed by atoms with E-state index < -0.39 is 24.3 Å². The van der Waals surface area contributed by atoms with E-state index in [4.69, 9.17) is 4.74 Å². The Balaban J connectivity index is 1.64. The topological polar surface area (TPSA) is 70.1 Å². The van der Waals surface area contributed by atoms with Crippen molar-refractivity contribution < 1.29 is 19.4 Å². The Labute approximate surface area is 145 Å². The third-order valence-electron chi connectivity index (χ3n) is 4.67. The molecule has 0 aromatic heterocycles. The van der Waals surface area contributed by atoms with Crippen LogP contribution in [0.15, 0.2) is 60.7 Å². The van der Waals surface area contributed by atoms with E-state index in [0.717, 1.165) is 11.1 Å². The molecule has 2 aromatic rings. The van der Waals surface area contributed by atoms with Gasteiger partial charge < -0.3 is 19.6 Å². The second-order valence-corrected chi connectivity index (χ2v) is 6.27. The van der Waals surface area contributed by atoms with Crippen LogP contribution >= 0.6 is 0 Å². The van der Waals surface area contributed by atoms with Crippen LogP contribution in [0.2, 0.25) is 0 Å². The van der Waals surface area contributed by atoms with Crippen LogP contribution in [0.5, 0.6) is 0 Å². The number of hydrogen-bond donors (Lipinski definition) is 1. The van der Waals surface area contributed by atoms with Crippen LogP contribution < -0.4 is 0 Å². The lowest BCUT2D eigenvalue weighted by Crippen LogP contribution is -2.41. The van der Waals surface area contributed by atoms with Crippen molar-refractivity contribution in [2.24, 2.45) is 0 Å². The summed E-state index contributed by atoms with van der Waals surface area (Å²) in [4.78, 5) is 28.2. The van der Waals surface area contributed by atoms with Gasteiger partial charge in [0.05, 0.1) is 0 Å². The van der Waals surface area contributed by atoms with Gasteiger partial charge in [0.1, 0.15) is 6.04 Å². The fourth-order valence-electron chi connectivity index (χ4n) is 3.50. The number of fused-ring (bicyclic) bond motifs is 1. The molecule has 6 heteroatoms. The molecule has 0 saturated carbocycles. The van der Waals surface area contributed by atoms with Crippen molar-refractivity contribution in [3.05, 3.63) is 71.8 Å². The van der Waals surface area contributed by atoms with E-state index in [1.807, 2.05) is 60.7 Å². The van der Waals surface area contributed by atoms with Gasteiger partial charge in [0, 0.05) is 13.1 Å². The second-order valence-electron chi connectivity index (χ2n) is 6.27. The number of hydrogen-bond acceptors (Lipinski definition) is 4. The molecule has 2 aliphatic rings. The van der Waals surface area contributed by atoms with Crippen molar-refractivity contribution in [3.63, 3.8) is 0 Å². The molecule has 3 atom stereocenters. The molecule has 2 fully saturated rings. The van der Waals surface area contributed by atoms with E-state index in [0.29, 0.717) is 13.1 Å². The highest BCUT2D eigenvalue weighted by molar-refractivity contribution is 5.90. The first-order valence-electron chi connectivity index (χ1n) is 8.19. The van der Waals surface area contributed by atoms with Gasteiger partial charge >= 0.3 is 12.0 Å². The van der Waals surface area contributed by atoms with E-state index in [-0.39, 0.29) is 6.03 Å². The van der Waals surface area contributed by atoms with Crippen molar-refractivity contribution in [1.82, 2.24) is 9.80 Å². The number of benzene rings is 2. The molecule has 2 aromatic carbocycles. The van der Waals surface area contributed by atoms with Gasteiger partial charge in [-0.15, -0.1) is 0 Å². The van der Waals surface area contributed by atoms with Gasteiger partial charge in [0.15, 0.2) is 6.04 Å². The van der Waals surface area contributed by atoms with Crippen LogP contribution in [0.3, 0.4) is 0 Å². The summed E-state index contributed by atoms with van der Waals surface area (Å²) in [6, 6.07) is 17.2. The summed E-state index contributed by atoms with van der Waals surface area (Å²) in [5, 5.41) is 10.2. The first-order chi connectivity index (χ1) is 12.1. The molecule has 1 N–H and O–H groups in total. The molecule has 4 rings (SSSR count). The van der Waals surface area contributed by atoms with Crippen molar-refractivity contribution >= 4 is 12.0 Å². The molecule has 0 spiro atoms. The Hall–Kier alpha value is -2.86. The molecule has 0 unspecified atom stereocenters. The Kier molecular flexibility index (Phi) is 3.89. The number of carbonyl (C=O) groups excluding carboxylic acids is 2. The number of rotatable bonds is 4. The van der Waals surface area contributed by atoms with Gasteiger partial charge in [-0.25, -0.2) is 9.59 Å². The number of esters is 1. The zero-order valence-corrected chi connectivity index (χ0v) is 13.5. The number of amides is 2. The van der Waals surface area contributed by atoms with Gasteiger partial charge in [-0.1, -0.05) is 60.7 Å². The lowest BCUT2D eigenvalue weighted by molar-refractivity contribution is -0.158. The summed E-state index contributed by atoms with van der Waals surface area (Å²) in [6.45, 7) is 0.619. The van der Waals surface area contributed by atoms with Gasteiger partial charge in [-0.3, -0.25) is 0 Å². The molecular formula is C19H18N2O4. The predicted molar refractivity (Wildman–Crippen MR) is 89.0 cm³/mol. The number of aliphatic hydroxyl groups is 1. The summed E-state index contributed by atoms with van der Waals surface area (Å²) < 4.78 is 4.99. The van der Waals surface area contributed by atoms with Gasteiger partial charge in [-0.05, 0) is 11.1 Å². The highest BCUT2D eigenvalue weighted by atomic mass is 16.6. The van der Waals surface area contributed by atoms with Crippen LogP contribution in [0.1, 0.15) is 11.1 Å². The van der Waals surface area contributed by atoms with Crippen LogP contribution in [-0.2, 0) is 22.6 Å². The highest BCUT2D eigenvalue weighted by Gasteiger charge is 2.58. The zero-order chi connectivity index (χ0) is 17.4. The van der Waals surface area contributed by atoms with Crippen LogP contribution in [0.25, 0.3) is 0 Å². The van der Waals surface area contributed by atoms with Crippen molar-refractivity contribution in [2.75, 3.05) is 0 Å². The Bertz CT molecular complexity index is 781. The minimum absolute atomic E-state index is 0.265. The molecule has 6 nitrogen and oxygen atoms in total. The number of ether oxygens (including phenoxy) is 1. The normalized spacial score (nSPS) is 25.2. The third-order valence-corrected chi connectivity index (χ3v) is 4.67. The monoisotopic (exact) mass is 338 g/mol. The molecule has 25 heavy (non-hydrogen) atoms. The average Bonchev–Trinajstić information content (AvgIpc) is 3.06. The maximum Gasteiger partial charge on any atom is 0.333 e. The lowest BCUT2D eigenvalue weighted by Gasteiger charge is -2.24. The van der Waals surface area contributed by atoms with Crippen molar-refractivity contribution in [2.45, 2.75) is 31.5 Å². The maximum absolute atomic E-state index is 13.0. The molecular weight excluding hydrogens is 320 g/mol. The van der Waals surface area contributed by atoms with E-state index in [2.05, 4.69) is 0 Å². The number of urea groups is 1. The van der Waals surface area contributed by atoms with Crippen molar-refractivity contribution in [3.8, 4) is 0 Å². The molecule has 2 aliphatic heterocycles. The van der Waals surface area contributed by atoms with Crippen molar-refractivity contribution in [1.29, 1.82) is 0 Å². The average molecular weight is 338 g/mol. The molecule has 0 aliphatic carbocycles. The quantitative estimate of drug-likeness (QED) is 0.862. The highest BCUT2D eigenvalue weighted by Crippen LogP contribution is 2.34. The smallest absolute Gasteiger partial charge is 0.333 e. The lowest BCUT2D eigenvalue weighted by atomic mass is 10.1. The summed E-state index contributed by atoms with van der Waals surface area (Å²) >= 11 is 0. The molecule has 2 heterocycles. The number of carbonyl (C=O) groups is 2. The third kappa shape index (κ3) is 2.74. The first kappa shape index (κ1) is 15.7. The van der Waals surface area contributed by atoms with Crippen LogP contribution in [-0.4, -0.2) is 45.3 Å². The van der Waals surface area contributed by atoms with Crippen LogP contribution in [0, 0.1) is 0 Å². The molecule has 0 bridgehead atoms. The number of cyclic esters (lactones) is 1. The molecule has 0 radical (unpaired) electrons. The van der Waals surface area contributed by atoms with Gasteiger partial charge in [0.25, 0.3) is 0 Å². The molecule has 2 saturated heterocycles. The second kappa shape index (κ2) is 6.22. The van der Waals surface area contributed by atoms with E-state index >= 15 is 0 Å². The standard InChI is InChI=1S/C19H18N2O4/c22-17-15-16(18(23)25-17)21(12-14-9-5-2-6-10-14)19(24)20(15)11-13-7-3-1-4-8-13/h1-10,15-17,22H,11-12H2/t15-,16+,17-/m1/s1. The van der Waals surface area contributed by atoms with E-state index in [1.165, 1.54) is 9.80 Å². The number of aliphatic hydroxyl groups excluding tert-OH is 1. The largest absolute Gasteiger partial charge is 0.432 e. The van der Waals surface area contributed by atoms with Gasteiger partial charge in [-0.2, -0.15) is 0 Å². The predicted octanol–water partition coefficient (Wildman–Crippen LogP) is 1.74. The van der Waals surface area contributed by atoms with Crippen LogP contribution in [0.4, 0.5) is 4.79 Å². The fraction of sp³-hybridized carbons (Fsp3) is 0.263. The van der Waals surface area contributed by atoms with E-state index in [1.54, 1.807) is 0 Å². The number of nitrogens with zero attached hydrogens (tertiary/aromatic N) is 2. The Morgan fingerprint density at radius 3 is 1.92 bits per heavy atom. The zero-order valence-electron chi connectivity index (χ0n) is 13.5. The summed E-state index contributed by atoms with van der Waals surface area (Å²) in [6.07, 6.45) is -1.30. The molecule has 128 valence electrons. The fourth-order valence-corrected chi connectivity index (χ4v) is 3.50. The Morgan fingerprint density at radius 2 is 1.36 bits per heavy atom. The SMILES string of the molecule is O=C1O[C@@H](O)[C@H]2[C@@H]1N(Cc1ccccc1)C(=O)N2Cc1ccccc1. The Morgan fingerprint density at radius 1 is 0.840 bits per heavy atom. The first-order valence-corrected chi connectivity index (χ1v) is 8.19. The minimum Gasteiger partial charge on any atom is -0.432 e. The van der Waals surface area contributed by atoms with Gasteiger partial charge in [0.2, 0.25) is 6.29 Å². The summed E-state index contributed by atoms with van der Waals surface area (Å²) in [7, 11) is 0. The molecule has 2 amide bonds. The van der Waals surface area contributed by atoms with E-state index in [9.17, 15) is 14.7 Å². The summed E-state index contributed by atoms with van der Waals surface area (Å²) in [5.74, 6) is -0.558. The maximum atomic E-state index is 13.0. The summed E-state index contributed by atoms with van der Waals surface area (Å²) in [5.41, 5.74) is 1.85.